The summed E-state index contributed by atoms with van der Waals surface area (Å²) in [5.74, 6) is -2.24. The maximum atomic E-state index is 13.2. The molecular formula is C27H28N6O5. The van der Waals surface area contributed by atoms with Crippen LogP contribution in [0.3, 0.4) is 0 Å². The average Bonchev–Trinajstić information content (AvgIpc) is 3.35. The Kier molecular flexibility index (Phi) is 8.70. The highest BCUT2D eigenvalue weighted by Crippen LogP contribution is 2.20. The smallest absolute Gasteiger partial charge is 0.272 e. The number of carbonyl (C=O) groups excluding carboxylic acids is 5. The van der Waals surface area contributed by atoms with Crippen molar-refractivity contribution in [1.29, 1.82) is 0 Å². The number of hydrogen-bond acceptors (Lipinski definition) is 7. The van der Waals surface area contributed by atoms with E-state index >= 15 is 0 Å². The van der Waals surface area contributed by atoms with E-state index in [1.807, 2.05) is 42.5 Å². The second-order valence-electron chi connectivity index (χ2n) is 9.00. The summed E-state index contributed by atoms with van der Waals surface area (Å²) >= 11 is 0. The number of fused-ring (bicyclic) bond motifs is 1. The van der Waals surface area contributed by atoms with Gasteiger partial charge in [-0.25, -0.2) is 4.98 Å². The van der Waals surface area contributed by atoms with E-state index in [2.05, 4.69) is 31.2 Å². The lowest BCUT2D eigenvalue weighted by molar-refractivity contribution is -0.128. The van der Waals surface area contributed by atoms with Crippen molar-refractivity contribution in [3.63, 3.8) is 0 Å². The van der Waals surface area contributed by atoms with Crippen LogP contribution in [0.1, 0.15) is 28.9 Å². The van der Waals surface area contributed by atoms with Crippen molar-refractivity contribution in [3.8, 4) is 0 Å². The molecule has 11 heteroatoms. The Morgan fingerprint density at radius 2 is 1.89 bits per heavy atom. The maximum absolute atomic E-state index is 13.2. The number of carbonyl (C=O) groups is 5. The summed E-state index contributed by atoms with van der Waals surface area (Å²) in [7, 11) is 0. The Bertz CT molecular complexity index is 1330. The Morgan fingerprint density at radius 1 is 1.08 bits per heavy atom. The van der Waals surface area contributed by atoms with Gasteiger partial charge in [-0.2, -0.15) is 0 Å². The molecule has 1 aliphatic rings. The molecule has 4 N–H and O–H groups in total. The Hall–Kier alpha value is -4.67. The molecule has 11 nitrogen and oxygen atoms in total. The van der Waals surface area contributed by atoms with E-state index in [-0.39, 0.29) is 30.4 Å². The summed E-state index contributed by atoms with van der Waals surface area (Å²) in [4.78, 5) is 69.5. The summed E-state index contributed by atoms with van der Waals surface area (Å²) in [5.41, 5.74) is 0.883. The van der Waals surface area contributed by atoms with Crippen molar-refractivity contribution in [2.45, 2.75) is 31.3 Å². The van der Waals surface area contributed by atoms with Crippen LogP contribution in [-0.4, -0.2) is 65.1 Å². The van der Waals surface area contributed by atoms with Gasteiger partial charge < -0.3 is 26.1 Å². The highest BCUT2D eigenvalue weighted by atomic mass is 16.2. The van der Waals surface area contributed by atoms with Crippen molar-refractivity contribution < 1.29 is 24.0 Å². The average molecular weight is 517 g/mol. The van der Waals surface area contributed by atoms with E-state index in [9.17, 15) is 24.0 Å². The topological polar surface area (TPSA) is 159 Å². The number of benzene rings is 2. The number of nitrogens with one attached hydrogen (secondary N) is 4. The van der Waals surface area contributed by atoms with Gasteiger partial charge in [0.1, 0.15) is 18.0 Å². The van der Waals surface area contributed by atoms with E-state index < -0.39 is 36.3 Å². The molecule has 0 saturated carbocycles. The fourth-order valence-electron chi connectivity index (χ4n) is 4.42. The number of aromatic nitrogens is 2. The number of amides is 4. The zero-order chi connectivity index (χ0) is 26.9. The summed E-state index contributed by atoms with van der Waals surface area (Å²) in [5, 5.41) is 12.4. The maximum Gasteiger partial charge on any atom is 0.272 e. The van der Waals surface area contributed by atoms with Gasteiger partial charge in [0.2, 0.25) is 17.7 Å². The monoisotopic (exact) mass is 516 g/mol. The van der Waals surface area contributed by atoms with Gasteiger partial charge >= 0.3 is 0 Å². The van der Waals surface area contributed by atoms with E-state index in [1.165, 1.54) is 18.6 Å². The van der Waals surface area contributed by atoms with Crippen LogP contribution in [0.2, 0.25) is 0 Å². The lowest BCUT2D eigenvalue weighted by Crippen LogP contribution is -2.51. The second-order valence-corrected chi connectivity index (χ2v) is 9.00. The molecule has 1 aromatic heterocycles. The predicted molar refractivity (Wildman–Crippen MR) is 138 cm³/mol. The Balaban J connectivity index is 1.43. The zero-order valence-corrected chi connectivity index (χ0v) is 20.6. The van der Waals surface area contributed by atoms with Crippen LogP contribution in [-0.2, 0) is 25.6 Å². The SMILES string of the molecule is O=CC(CC1CCNC1=O)NC(=O)CNC(=O)C(Cc1cccc2ccccc12)NC(=O)c1cnccn1. The number of rotatable bonds is 11. The first-order valence-electron chi connectivity index (χ1n) is 12.3. The van der Waals surface area contributed by atoms with E-state index in [0.29, 0.717) is 19.3 Å². The van der Waals surface area contributed by atoms with E-state index in [0.717, 1.165) is 16.3 Å². The number of nitrogens with zero attached hydrogens (tertiary/aromatic N) is 2. The highest BCUT2D eigenvalue weighted by molar-refractivity contribution is 5.97. The lowest BCUT2D eigenvalue weighted by Gasteiger charge is -2.20. The fraction of sp³-hybridized carbons (Fsp3) is 0.296. The van der Waals surface area contributed by atoms with Crippen molar-refractivity contribution in [2.75, 3.05) is 13.1 Å². The van der Waals surface area contributed by atoms with Crippen LogP contribution in [0.5, 0.6) is 0 Å². The third kappa shape index (κ3) is 6.75. The van der Waals surface area contributed by atoms with Gasteiger partial charge in [0.25, 0.3) is 5.91 Å². The first-order chi connectivity index (χ1) is 18.4. The van der Waals surface area contributed by atoms with Crippen LogP contribution in [0.4, 0.5) is 0 Å². The van der Waals surface area contributed by atoms with Crippen molar-refractivity contribution in [2.24, 2.45) is 5.92 Å². The van der Waals surface area contributed by atoms with Crippen LogP contribution in [0.25, 0.3) is 10.8 Å². The molecule has 3 atom stereocenters. The van der Waals surface area contributed by atoms with Gasteiger partial charge in [0, 0.05) is 31.3 Å². The predicted octanol–water partition coefficient (Wildman–Crippen LogP) is 0.297. The van der Waals surface area contributed by atoms with Crippen molar-refractivity contribution >= 4 is 40.7 Å². The summed E-state index contributed by atoms with van der Waals surface area (Å²) < 4.78 is 0. The Labute approximate surface area is 218 Å². The molecule has 0 aliphatic carbocycles. The quantitative estimate of drug-likeness (QED) is 0.267. The van der Waals surface area contributed by atoms with Crippen LogP contribution in [0, 0.1) is 5.92 Å². The molecule has 1 fully saturated rings. The first kappa shape index (κ1) is 26.4. The van der Waals surface area contributed by atoms with Gasteiger partial charge in [-0.05, 0) is 29.2 Å². The largest absolute Gasteiger partial charge is 0.356 e. The molecule has 0 radical (unpaired) electrons. The molecular weight excluding hydrogens is 488 g/mol. The van der Waals surface area contributed by atoms with Crippen molar-refractivity contribution in [1.82, 2.24) is 31.2 Å². The van der Waals surface area contributed by atoms with Crippen LogP contribution < -0.4 is 21.3 Å². The van der Waals surface area contributed by atoms with E-state index in [1.54, 1.807) is 0 Å². The molecule has 4 amide bonds. The number of aldehydes is 1. The molecule has 2 heterocycles. The molecule has 3 aromatic rings. The second kappa shape index (κ2) is 12.5. The van der Waals surface area contributed by atoms with Gasteiger partial charge in [-0.3, -0.25) is 24.2 Å². The summed E-state index contributed by atoms with van der Waals surface area (Å²) in [6, 6.07) is 11.5. The van der Waals surface area contributed by atoms with Gasteiger partial charge in [0.15, 0.2) is 0 Å². The minimum absolute atomic E-state index is 0.0470. The van der Waals surface area contributed by atoms with Crippen LogP contribution >= 0.6 is 0 Å². The normalized spacial score (nSPS) is 16.2. The van der Waals surface area contributed by atoms with Crippen molar-refractivity contribution in [3.05, 3.63) is 72.3 Å². The molecule has 4 rings (SSSR count). The van der Waals surface area contributed by atoms with Gasteiger partial charge in [-0.15, -0.1) is 0 Å². The minimum Gasteiger partial charge on any atom is -0.356 e. The molecule has 1 aliphatic heterocycles. The van der Waals surface area contributed by atoms with Crippen LogP contribution in [0.15, 0.2) is 61.1 Å². The van der Waals surface area contributed by atoms with Gasteiger partial charge in [0.05, 0.1) is 18.8 Å². The number of hydrogen-bond donors (Lipinski definition) is 4. The molecule has 38 heavy (non-hydrogen) atoms. The first-order valence-corrected chi connectivity index (χ1v) is 12.3. The minimum atomic E-state index is -1.02. The third-order valence-electron chi connectivity index (χ3n) is 6.36. The molecule has 0 bridgehead atoms. The zero-order valence-electron chi connectivity index (χ0n) is 20.6. The lowest BCUT2D eigenvalue weighted by atomic mass is 9.98. The summed E-state index contributed by atoms with van der Waals surface area (Å²) in [6.07, 6.45) is 5.62. The molecule has 0 spiro atoms. The summed E-state index contributed by atoms with van der Waals surface area (Å²) in [6.45, 7) is 0.130. The third-order valence-corrected chi connectivity index (χ3v) is 6.36. The molecule has 196 valence electrons. The highest BCUT2D eigenvalue weighted by Gasteiger charge is 2.28. The van der Waals surface area contributed by atoms with E-state index in [4.69, 9.17) is 0 Å². The molecule has 2 aromatic carbocycles. The van der Waals surface area contributed by atoms with Gasteiger partial charge in [-0.1, -0.05) is 42.5 Å². The molecule has 3 unspecified atom stereocenters. The molecule has 1 saturated heterocycles. The standard InChI is InChI=1S/C27H28N6O5/c34-16-20(12-19-8-9-30-25(19)36)32-24(35)15-31-26(37)22(33-27(38)23-14-28-10-11-29-23)13-18-6-3-5-17-4-1-2-7-21(17)18/h1-7,10-11,14,16,19-20,22H,8-9,12-13,15H2,(H,30,36)(H,31,37)(H,32,35)(H,33,38). The Morgan fingerprint density at radius 3 is 2.63 bits per heavy atom. The fourth-order valence-corrected chi connectivity index (χ4v) is 4.42.